The van der Waals surface area contributed by atoms with E-state index in [2.05, 4.69) is 10.6 Å². The smallest absolute Gasteiger partial charge is 0.247 e. The lowest BCUT2D eigenvalue weighted by Gasteiger charge is -2.33. The Morgan fingerprint density at radius 1 is 1.12 bits per heavy atom. The molecule has 1 aromatic carbocycles. The monoisotopic (exact) mass is 441 g/mol. The molecule has 3 amide bonds. The quantitative estimate of drug-likeness (QED) is 0.426. The lowest BCUT2D eigenvalue weighted by Crippen LogP contribution is -2.45. The highest BCUT2D eigenvalue weighted by atomic mass is 16.3. The first-order chi connectivity index (χ1) is 15.3. The van der Waals surface area contributed by atoms with Gasteiger partial charge >= 0.3 is 0 Å². The number of benzene rings is 1. The number of fused-ring (bicyclic) bond motifs is 1. The van der Waals surface area contributed by atoms with Gasteiger partial charge in [0.1, 0.15) is 6.04 Å². The first-order valence-electron chi connectivity index (χ1n) is 11.5. The van der Waals surface area contributed by atoms with Crippen LogP contribution in [-0.4, -0.2) is 54.0 Å². The molecule has 0 unspecified atom stereocenters. The molecule has 0 aromatic heterocycles. The molecule has 0 spiro atoms. The Bertz CT molecular complexity index is 897. The van der Waals surface area contributed by atoms with Crippen LogP contribution in [0.1, 0.15) is 37.3 Å². The molecule has 1 fully saturated rings. The minimum atomic E-state index is -0.688. The van der Waals surface area contributed by atoms with E-state index in [-0.39, 0.29) is 36.2 Å². The Hall–Kier alpha value is -2.67. The Morgan fingerprint density at radius 2 is 1.88 bits per heavy atom. The van der Waals surface area contributed by atoms with Crippen molar-refractivity contribution >= 4 is 23.4 Å². The summed E-state index contributed by atoms with van der Waals surface area (Å²) in [7, 11) is 1.59. The van der Waals surface area contributed by atoms with E-state index in [9.17, 15) is 19.5 Å². The second kappa shape index (κ2) is 10.3. The normalized spacial score (nSPS) is 26.7. The molecule has 2 aliphatic rings. The molecule has 3 N–H and O–H groups in total. The van der Waals surface area contributed by atoms with Crippen LogP contribution in [0.5, 0.6) is 0 Å². The van der Waals surface area contributed by atoms with Crippen molar-refractivity contribution in [3.63, 3.8) is 0 Å². The molecule has 7 nitrogen and oxygen atoms in total. The predicted molar refractivity (Wildman–Crippen MR) is 124 cm³/mol. The molecule has 1 heterocycles. The number of anilines is 1. The third-order valence-electron chi connectivity index (χ3n) is 6.86. The van der Waals surface area contributed by atoms with Crippen LogP contribution < -0.4 is 10.6 Å². The summed E-state index contributed by atoms with van der Waals surface area (Å²) in [5.74, 6) is -2.01. The zero-order valence-corrected chi connectivity index (χ0v) is 19.4. The van der Waals surface area contributed by atoms with Gasteiger partial charge in [-0.25, -0.2) is 0 Å². The number of carbonyl (C=O) groups is 3. The van der Waals surface area contributed by atoms with Crippen molar-refractivity contribution < 1.29 is 19.5 Å². The van der Waals surface area contributed by atoms with E-state index >= 15 is 0 Å². The fraction of sp³-hybridized carbons (Fsp3) is 0.560. The van der Waals surface area contributed by atoms with Gasteiger partial charge < -0.3 is 20.6 Å². The van der Waals surface area contributed by atoms with Gasteiger partial charge in [0.15, 0.2) is 0 Å². The Kier molecular flexibility index (Phi) is 7.72. The van der Waals surface area contributed by atoms with Gasteiger partial charge in [-0.2, -0.15) is 0 Å². The maximum atomic E-state index is 13.6. The van der Waals surface area contributed by atoms with E-state index in [0.717, 1.165) is 23.2 Å². The molecule has 5 atom stereocenters. The summed E-state index contributed by atoms with van der Waals surface area (Å²) in [5, 5.41) is 15.0. The largest absolute Gasteiger partial charge is 0.396 e. The standard InChI is InChI=1S/C25H35N3O4/c1-5-17-10-11-18-21(20(17)23(30)26-4)25(32)28(12-6-7-13-29)22(18)24(31)27-19-14-15(2)8-9-16(19)3/h8-11,14,17-18,20-22,29H,5-7,12-13H2,1-4H3,(H,26,30)(H,27,31)/t17-,18+,20-,21-,22+/m1/s1. The maximum Gasteiger partial charge on any atom is 0.247 e. The summed E-state index contributed by atoms with van der Waals surface area (Å²) in [5.41, 5.74) is 2.72. The molecule has 0 radical (unpaired) electrons. The molecular formula is C25H35N3O4. The fourth-order valence-electron chi connectivity index (χ4n) is 5.12. The number of rotatable bonds is 8. The third kappa shape index (κ3) is 4.58. The number of aliphatic hydroxyl groups excluding tert-OH is 1. The van der Waals surface area contributed by atoms with Crippen molar-refractivity contribution in [2.24, 2.45) is 23.7 Å². The number of unbranched alkanes of at least 4 members (excludes halogenated alkanes) is 1. The van der Waals surface area contributed by atoms with Crippen LogP contribution in [0, 0.1) is 37.5 Å². The number of aryl methyl sites for hydroxylation is 2. The van der Waals surface area contributed by atoms with Crippen LogP contribution in [0.2, 0.25) is 0 Å². The second-order valence-electron chi connectivity index (χ2n) is 8.91. The first kappa shape index (κ1) is 24.0. The molecule has 0 bridgehead atoms. The molecule has 1 aliphatic carbocycles. The summed E-state index contributed by atoms with van der Waals surface area (Å²) >= 11 is 0. The van der Waals surface area contributed by atoms with E-state index in [1.807, 2.05) is 51.1 Å². The number of hydrogen-bond acceptors (Lipinski definition) is 4. The summed E-state index contributed by atoms with van der Waals surface area (Å²) in [6.45, 7) is 6.32. The van der Waals surface area contributed by atoms with Gasteiger partial charge in [0.05, 0.1) is 11.8 Å². The van der Waals surface area contributed by atoms with Crippen molar-refractivity contribution in [2.75, 3.05) is 25.5 Å². The van der Waals surface area contributed by atoms with E-state index in [0.29, 0.717) is 19.4 Å². The molecule has 7 heteroatoms. The van der Waals surface area contributed by atoms with E-state index in [1.54, 1.807) is 11.9 Å². The van der Waals surface area contributed by atoms with Gasteiger partial charge in [0, 0.05) is 31.8 Å². The zero-order valence-electron chi connectivity index (χ0n) is 19.4. The van der Waals surface area contributed by atoms with Crippen LogP contribution in [0.4, 0.5) is 5.69 Å². The number of allylic oxidation sites excluding steroid dienone is 1. The average Bonchev–Trinajstić information content (AvgIpc) is 3.07. The summed E-state index contributed by atoms with van der Waals surface area (Å²) in [6.07, 6.45) is 5.87. The van der Waals surface area contributed by atoms with Crippen molar-refractivity contribution in [1.82, 2.24) is 10.2 Å². The third-order valence-corrected chi connectivity index (χ3v) is 6.86. The minimum absolute atomic E-state index is 0.0346. The average molecular weight is 442 g/mol. The number of amides is 3. The fourth-order valence-corrected chi connectivity index (χ4v) is 5.12. The lowest BCUT2D eigenvalue weighted by molar-refractivity contribution is -0.140. The molecular weight excluding hydrogens is 406 g/mol. The van der Waals surface area contributed by atoms with E-state index in [1.165, 1.54) is 0 Å². The summed E-state index contributed by atoms with van der Waals surface area (Å²) < 4.78 is 0. The van der Waals surface area contributed by atoms with Crippen LogP contribution in [-0.2, 0) is 14.4 Å². The van der Waals surface area contributed by atoms with Gasteiger partial charge in [0.2, 0.25) is 17.7 Å². The van der Waals surface area contributed by atoms with Gasteiger partial charge in [-0.3, -0.25) is 14.4 Å². The zero-order chi connectivity index (χ0) is 23.4. The van der Waals surface area contributed by atoms with Crippen LogP contribution in [0.15, 0.2) is 30.4 Å². The van der Waals surface area contributed by atoms with Crippen LogP contribution in [0.25, 0.3) is 0 Å². The number of likely N-dealkylation sites (tertiary alicyclic amines) is 1. The van der Waals surface area contributed by atoms with E-state index in [4.69, 9.17) is 0 Å². The highest BCUT2D eigenvalue weighted by Crippen LogP contribution is 2.45. The van der Waals surface area contributed by atoms with Crippen molar-refractivity contribution in [3.05, 3.63) is 41.5 Å². The van der Waals surface area contributed by atoms with Crippen LogP contribution in [0.3, 0.4) is 0 Å². The number of hydrogen-bond donors (Lipinski definition) is 3. The molecule has 1 aliphatic heterocycles. The summed E-state index contributed by atoms with van der Waals surface area (Å²) in [4.78, 5) is 41.5. The topological polar surface area (TPSA) is 98.7 Å². The summed E-state index contributed by atoms with van der Waals surface area (Å²) in [6, 6.07) is 5.19. The molecule has 1 saturated heterocycles. The molecule has 3 rings (SSSR count). The number of aliphatic hydroxyl groups is 1. The minimum Gasteiger partial charge on any atom is -0.396 e. The highest BCUT2D eigenvalue weighted by molar-refractivity contribution is 6.02. The Balaban J connectivity index is 1.97. The van der Waals surface area contributed by atoms with Crippen LogP contribution >= 0.6 is 0 Å². The number of carbonyl (C=O) groups excluding carboxylic acids is 3. The number of nitrogens with zero attached hydrogens (tertiary/aromatic N) is 1. The Morgan fingerprint density at radius 3 is 2.53 bits per heavy atom. The van der Waals surface area contributed by atoms with Gasteiger partial charge in [-0.15, -0.1) is 0 Å². The van der Waals surface area contributed by atoms with Crippen molar-refractivity contribution in [2.45, 2.75) is 46.1 Å². The van der Waals surface area contributed by atoms with Gasteiger partial charge in [0.25, 0.3) is 0 Å². The predicted octanol–water partition coefficient (Wildman–Crippen LogP) is 2.42. The maximum absolute atomic E-state index is 13.6. The van der Waals surface area contributed by atoms with Crippen molar-refractivity contribution in [1.29, 1.82) is 0 Å². The first-order valence-corrected chi connectivity index (χ1v) is 11.5. The van der Waals surface area contributed by atoms with Gasteiger partial charge in [-0.1, -0.05) is 31.2 Å². The highest BCUT2D eigenvalue weighted by Gasteiger charge is 2.56. The molecule has 32 heavy (non-hydrogen) atoms. The lowest BCUT2D eigenvalue weighted by atomic mass is 9.69. The van der Waals surface area contributed by atoms with Crippen molar-refractivity contribution in [3.8, 4) is 0 Å². The molecule has 1 aromatic rings. The number of nitrogens with one attached hydrogen (secondary N) is 2. The molecule has 174 valence electrons. The SMILES string of the molecule is CC[C@@H]1C=C[C@H]2[C@@H](C(=O)N(CCCCO)[C@@H]2C(=O)Nc2cc(C)ccc2C)[C@@H]1C(=O)NC. The van der Waals surface area contributed by atoms with E-state index < -0.39 is 17.9 Å². The second-order valence-corrected chi connectivity index (χ2v) is 8.91. The molecule has 0 saturated carbocycles. The van der Waals surface area contributed by atoms with Gasteiger partial charge in [-0.05, 0) is 56.2 Å². The Labute approximate surface area is 190 Å².